The van der Waals surface area contributed by atoms with Crippen molar-refractivity contribution >= 4 is 27.8 Å². The van der Waals surface area contributed by atoms with Gasteiger partial charge in [-0.2, -0.15) is 0 Å². The van der Waals surface area contributed by atoms with E-state index in [-0.39, 0.29) is 11.7 Å². The first-order valence-corrected chi connectivity index (χ1v) is 9.59. The summed E-state index contributed by atoms with van der Waals surface area (Å²) in [5.74, 6) is 1.04. The molecule has 1 aromatic carbocycles. The number of carbonyl (C=O) groups is 1. The number of hydrogen-bond donors (Lipinski definition) is 0. The van der Waals surface area contributed by atoms with Crippen molar-refractivity contribution < 1.29 is 22.7 Å². The van der Waals surface area contributed by atoms with E-state index in [0.29, 0.717) is 34.1 Å². The van der Waals surface area contributed by atoms with Crippen LogP contribution in [0.5, 0.6) is 5.75 Å². The summed E-state index contributed by atoms with van der Waals surface area (Å²) in [6.07, 6.45) is 0. The van der Waals surface area contributed by atoms with Crippen LogP contribution in [-0.2, 0) is 19.6 Å². The fourth-order valence-corrected chi connectivity index (χ4v) is 4.64. The quantitative estimate of drug-likeness (QED) is 0.520. The van der Waals surface area contributed by atoms with Crippen molar-refractivity contribution in [1.82, 2.24) is 4.31 Å². The normalized spacial score (nSPS) is 11.6. The standard InChI is InChI=1S/C15H23NO5S2/c1-11-8-13(20-4)9-12(2)15(11)23(18,19)16(3)6-7-22-10-14(17)21-5/h8-9H,6-7,10H2,1-5H3. The van der Waals surface area contributed by atoms with Crippen LogP contribution in [0.3, 0.4) is 0 Å². The summed E-state index contributed by atoms with van der Waals surface area (Å²) in [6, 6.07) is 3.42. The molecular formula is C15H23NO5S2. The monoisotopic (exact) mass is 361 g/mol. The minimum atomic E-state index is -3.58. The first-order chi connectivity index (χ1) is 10.7. The lowest BCUT2D eigenvalue weighted by molar-refractivity contribution is -0.137. The molecule has 0 spiro atoms. The van der Waals surface area contributed by atoms with Crippen molar-refractivity contribution in [2.45, 2.75) is 18.7 Å². The van der Waals surface area contributed by atoms with E-state index in [0.717, 1.165) is 0 Å². The molecule has 130 valence electrons. The molecule has 0 aliphatic rings. The maximum atomic E-state index is 12.7. The van der Waals surface area contributed by atoms with Gasteiger partial charge in [-0.05, 0) is 37.1 Å². The van der Waals surface area contributed by atoms with Crippen molar-refractivity contribution in [1.29, 1.82) is 0 Å². The maximum Gasteiger partial charge on any atom is 0.315 e. The number of aryl methyl sites for hydroxylation is 2. The first kappa shape index (κ1) is 19.8. The number of ether oxygens (including phenoxy) is 2. The van der Waals surface area contributed by atoms with Crippen molar-refractivity contribution in [3.05, 3.63) is 23.3 Å². The average molecular weight is 361 g/mol. The van der Waals surface area contributed by atoms with Crippen molar-refractivity contribution in [3.8, 4) is 5.75 Å². The predicted octanol–water partition coefficient (Wildman–Crippen LogP) is 1.84. The molecule has 0 saturated heterocycles. The minimum Gasteiger partial charge on any atom is -0.497 e. The molecule has 0 amide bonds. The molecule has 0 aromatic heterocycles. The van der Waals surface area contributed by atoms with Crippen molar-refractivity contribution in [2.75, 3.05) is 39.3 Å². The average Bonchev–Trinajstić information content (AvgIpc) is 2.49. The molecule has 0 heterocycles. The topological polar surface area (TPSA) is 72.9 Å². The van der Waals surface area contributed by atoms with Gasteiger partial charge >= 0.3 is 5.97 Å². The second-order valence-electron chi connectivity index (χ2n) is 5.05. The van der Waals surface area contributed by atoms with Gasteiger partial charge in [0.2, 0.25) is 10.0 Å². The second-order valence-corrected chi connectivity index (χ2v) is 8.13. The number of rotatable bonds is 8. The summed E-state index contributed by atoms with van der Waals surface area (Å²) >= 11 is 1.34. The molecule has 6 nitrogen and oxygen atoms in total. The Morgan fingerprint density at radius 3 is 2.26 bits per heavy atom. The molecule has 1 rings (SSSR count). The molecule has 8 heteroatoms. The molecular weight excluding hydrogens is 338 g/mol. The van der Waals surface area contributed by atoms with Crippen LogP contribution in [-0.4, -0.2) is 58.0 Å². The van der Waals surface area contributed by atoms with Crippen LogP contribution in [0.25, 0.3) is 0 Å². The Hall–Kier alpha value is -1.25. The molecule has 23 heavy (non-hydrogen) atoms. The van der Waals surface area contributed by atoms with Gasteiger partial charge in [-0.3, -0.25) is 4.79 Å². The van der Waals surface area contributed by atoms with Gasteiger partial charge in [-0.1, -0.05) is 0 Å². The number of nitrogens with zero attached hydrogens (tertiary/aromatic N) is 1. The number of thioether (sulfide) groups is 1. The van der Waals surface area contributed by atoms with E-state index in [1.165, 1.54) is 30.2 Å². The highest BCUT2D eigenvalue weighted by molar-refractivity contribution is 8.00. The Balaban J connectivity index is 2.84. The summed E-state index contributed by atoms with van der Waals surface area (Å²) in [5.41, 5.74) is 1.30. The largest absolute Gasteiger partial charge is 0.497 e. The second kappa shape index (κ2) is 8.56. The lowest BCUT2D eigenvalue weighted by atomic mass is 10.1. The number of carbonyl (C=O) groups excluding carboxylic acids is 1. The number of esters is 1. The number of hydrogen-bond acceptors (Lipinski definition) is 6. The molecule has 0 atom stereocenters. The van der Waals surface area contributed by atoms with Crippen LogP contribution in [0.2, 0.25) is 0 Å². The van der Waals surface area contributed by atoms with E-state index in [1.807, 2.05) is 0 Å². The molecule has 0 unspecified atom stereocenters. The zero-order chi connectivity index (χ0) is 17.6. The van der Waals surface area contributed by atoms with Crippen LogP contribution in [0.1, 0.15) is 11.1 Å². The third-order valence-electron chi connectivity index (χ3n) is 3.34. The summed E-state index contributed by atoms with van der Waals surface area (Å²) < 4.78 is 36.5. The molecule has 0 saturated carbocycles. The Morgan fingerprint density at radius 2 is 1.78 bits per heavy atom. The van der Waals surface area contributed by atoms with Crippen molar-refractivity contribution in [3.63, 3.8) is 0 Å². The third kappa shape index (κ3) is 5.12. The summed E-state index contributed by atoms with van der Waals surface area (Å²) in [4.78, 5) is 11.3. The van der Waals surface area contributed by atoms with Gasteiger partial charge in [0.05, 0.1) is 24.9 Å². The van der Waals surface area contributed by atoms with Crippen LogP contribution >= 0.6 is 11.8 Å². The molecule has 0 bridgehead atoms. The van der Waals surface area contributed by atoms with E-state index in [2.05, 4.69) is 4.74 Å². The van der Waals surface area contributed by atoms with E-state index >= 15 is 0 Å². The molecule has 0 N–H and O–H groups in total. The van der Waals surface area contributed by atoms with Crippen LogP contribution in [0.15, 0.2) is 17.0 Å². The Labute approximate surface area is 142 Å². The van der Waals surface area contributed by atoms with Gasteiger partial charge in [0.15, 0.2) is 0 Å². The van der Waals surface area contributed by atoms with E-state index in [1.54, 1.807) is 33.1 Å². The fraction of sp³-hybridized carbons (Fsp3) is 0.533. The molecule has 0 radical (unpaired) electrons. The predicted molar refractivity (Wildman–Crippen MR) is 91.6 cm³/mol. The lowest BCUT2D eigenvalue weighted by Crippen LogP contribution is -2.30. The maximum absolute atomic E-state index is 12.7. The van der Waals surface area contributed by atoms with E-state index in [4.69, 9.17) is 4.74 Å². The first-order valence-electron chi connectivity index (χ1n) is 7.00. The van der Waals surface area contributed by atoms with Crippen LogP contribution in [0.4, 0.5) is 0 Å². The highest BCUT2D eigenvalue weighted by atomic mass is 32.2. The minimum absolute atomic E-state index is 0.213. The van der Waals surface area contributed by atoms with Gasteiger partial charge in [0, 0.05) is 19.3 Å². The zero-order valence-corrected chi connectivity index (χ0v) is 15.7. The van der Waals surface area contributed by atoms with Crippen LogP contribution < -0.4 is 4.74 Å². The Morgan fingerprint density at radius 1 is 1.22 bits per heavy atom. The summed E-state index contributed by atoms with van der Waals surface area (Å²) in [5, 5.41) is 0. The molecule has 0 aliphatic carbocycles. The molecule has 1 aromatic rings. The number of benzene rings is 1. The Kier molecular flexibility index (Phi) is 7.37. The van der Waals surface area contributed by atoms with E-state index in [9.17, 15) is 13.2 Å². The summed E-state index contributed by atoms with van der Waals surface area (Å²) in [7, 11) is 0.832. The summed E-state index contributed by atoms with van der Waals surface area (Å²) in [6.45, 7) is 3.82. The molecule has 0 aliphatic heterocycles. The Bertz CT molecular complexity index is 635. The van der Waals surface area contributed by atoms with Gasteiger partial charge < -0.3 is 9.47 Å². The van der Waals surface area contributed by atoms with E-state index < -0.39 is 10.0 Å². The highest BCUT2D eigenvalue weighted by Crippen LogP contribution is 2.27. The van der Waals surface area contributed by atoms with Gasteiger partial charge in [-0.15, -0.1) is 11.8 Å². The van der Waals surface area contributed by atoms with Gasteiger partial charge in [0.1, 0.15) is 5.75 Å². The smallest absolute Gasteiger partial charge is 0.315 e. The number of sulfonamides is 1. The molecule has 0 fully saturated rings. The fourth-order valence-electron chi connectivity index (χ4n) is 2.12. The highest BCUT2D eigenvalue weighted by Gasteiger charge is 2.25. The van der Waals surface area contributed by atoms with Crippen LogP contribution in [0, 0.1) is 13.8 Å². The van der Waals surface area contributed by atoms with Crippen molar-refractivity contribution in [2.24, 2.45) is 0 Å². The lowest BCUT2D eigenvalue weighted by Gasteiger charge is -2.20. The third-order valence-corrected chi connectivity index (χ3v) is 6.41. The zero-order valence-electron chi connectivity index (χ0n) is 14.1. The SMILES string of the molecule is COC(=O)CSCCN(C)S(=O)(=O)c1c(C)cc(OC)cc1C. The van der Waals surface area contributed by atoms with Gasteiger partial charge in [0.25, 0.3) is 0 Å². The van der Waals surface area contributed by atoms with Gasteiger partial charge in [-0.25, -0.2) is 12.7 Å². The number of methoxy groups -OCH3 is 2.